The van der Waals surface area contributed by atoms with Crippen molar-refractivity contribution in [3.8, 4) is 11.5 Å². The lowest BCUT2D eigenvalue weighted by Crippen LogP contribution is -2.17. The van der Waals surface area contributed by atoms with Gasteiger partial charge in [0.05, 0.1) is 11.1 Å². The Bertz CT molecular complexity index is 806. The lowest BCUT2D eigenvalue weighted by Gasteiger charge is -2.21. The standard InChI is InChI=1S/C15H8F9NO/c16-13(17,18)7-3-1-2-4-10(7)26-12-8(14(19,20)21)5-6-9(25)11(12)15(22,23)24/h1-6H,25H2. The van der Waals surface area contributed by atoms with Crippen LogP contribution in [0.2, 0.25) is 0 Å². The number of para-hydroxylation sites is 1. The minimum absolute atomic E-state index is 0.204. The highest BCUT2D eigenvalue weighted by Crippen LogP contribution is 2.49. The number of rotatable bonds is 2. The summed E-state index contributed by atoms with van der Waals surface area (Å²) in [7, 11) is 0. The van der Waals surface area contributed by atoms with Crippen molar-refractivity contribution in [1.82, 2.24) is 0 Å². The van der Waals surface area contributed by atoms with Crippen molar-refractivity contribution >= 4 is 5.69 Å². The zero-order valence-electron chi connectivity index (χ0n) is 12.4. The molecule has 0 amide bonds. The van der Waals surface area contributed by atoms with Crippen LogP contribution in [-0.4, -0.2) is 0 Å². The second-order valence-electron chi connectivity index (χ2n) is 5.00. The van der Waals surface area contributed by atoms with E-state index in [9.17, 15) is 39.5 Å². The first-order valence-electron chi connectivity index (χ1n) is 6.64. The fourth-order valence-corrected chi connectivity index (χ4v) is 2.12. The number of hydrogen-bond donors (Lipinski definition) is 1. The third-order valence-corrected chi connectivity index (χ3v) is 3.18. The maximum Gasteiger partial charge on any atom is 0.421 e. The van der Waals surface area contributed by atoms with Gasteiger partial charge in [0.25, 0.3) is 0 Å². The Labute approximate surface area is 140 Å². The van der Waals surface area contributed by atoms with Crippen LogP contribution in [0.5, 0.6) is 11.5 Å². The molecule has 142 valence electrons. The quantitative estimate of drug-likeness (QED) is 0.496. The second kappa shape index (κ2) is 6.29. The van der Waals surface area contributed by atoms with Crippen molar-refractivity contribution in [2.45, 2.75) is 18.5 Å². The molecular formula is C15H8F9NO. The summed E-state index contributed by atoms with van der Waals surface area (Å²) in [5.74, 6) is -3.07. The van der Waals surface area contributed by atoms with E-state index in [0.717, 1.165) is 12.1 Å². The molecule has 0 radical (unpaired) electrons. The maximum atomic E-state index is 13.2. The van der Waals surface area contributed by atoms with E-state index < -0.39 is 52.4 Å². The molecule has 2 N–H and O–H groups in total. The molecule has 0 unspecified atom stereocenters. The molecule has 0 atom stereocenters. The van der Waals surface area contributed by atoms with Crippen LogP contribution < -0.4 is 10.5 Å². The highest BCUT2D eigenvalue weighted by Gasteiger charge is 2.44. The molecular weight excluding hydrogens is 381 g/mol. The molecule has 0 fully saturated rings. The van der Waals surface area contributed by atoms with E-state index in [-0.39, 0.29) is 6.07 Å². The van der Waals surface area contributed by atoms with Gasteiger partial charge in [-0.1, -0.05) is 12.1 Å². The largest absolute Gasteiger partial charge is 0.455 e. The van der Waals surface area contributed by atoms with Gasteiger partial charge in [0, 0.05) is 5.69 Å². The minimum atomic E-state index is -5.39. The predicted molar refractivity (Wildman–Crippen MR) is 72.4 cm³/mol. The predicted octanol–water partition coefficient (Wildman–Crippen LogP) is 6.12. The Balaban J connectivity index is 2.76. The van der Waals surface area contributed by atoms with Gasteiger partial charge in [0.1, 0.15) is 11.3 Å². The van der Waals surface area contributed by atoms with E-state index in [1.165, 1.54) is 0 Å². The molecule has 0 spiro atoms. The fourth-order valence-electron chi connectivity index (χ4n) is 2.12. The first-order valence-corrected chi connectivity index (χ1v) is 6.64. The second-order valence-corrected chi connectivity index (χ2v) is 5.00. The Morgan fingerprint density at radius 3 is 1.69 bits per heavy atom. The number of halogens is 9. The van der Waals surface area contributed by atoms with Crippen molar-refractivity contribution in [2.75, 3.05) is 5.73 Å². The van der Waals surface area contributed by atoms with Crippen LogP contribution in [0, 0.1) is 0 Å². The van der Waals surface area contributed by atoms with Crippen LogP contribution in [0.4, 0.5) is 45.2 Å². The van der Waals surface area contributed by atoms with Gasteiger partial charge in [-0.15, -0.1) is 0 Å². The SMILES string of the molecule is Nc1ccc(C(F)(F)F)c(Oc2ccccc2C(F)(F)F)c1C(F)(F)F. The van der Waals surface area contributed by atoms with Crippen molar-refractivity contribution in [3.05, 3.63) is 53.1 Å². The van der Waals surface area contributed by atoms with E-state index in [1.54, 1.807) is 0 Å². The van der Waals surface area contributed by atoms with Crippen LogP contribution in [0.15, 0.2) is 36.4 Å². The summed E-state index contributed by atoms with van der Waals surface area (Å²) in [6.45, 7) is 0. The van der Waals surface area contributed by atoms with Crippen LogP contribution in [0.3, 0.4) is 0 Å². The number of hydrogen-bond acceptors (Lipinski definition) is 2. The lowest BCUT2D eigenvalue weighted by molar-refractivity contribution is -0.144. The molecule has 11 heteroatoms. The summed E-state index contributed by atoms with van der Waals surface area (Å²) in [5.41, 5.74) is -1.47. The summed E-state index contributed by atoms with van der Waals surface area (Å²) >= 11 is 0. The lowest BCUT2D eigenvalue weighted by atomic mass is 10.1. The summed E-state index contributed by atoms with van der Waals surface area (Å²) in [6, 6.07) is 3.50. The van der Waals surface area contributed by atoms with Crippen LogP contribution in [0.1, 0.15) is 16.7 Å². The van der Waals surface area contributed by atoms with Crippen molar-refractivity contribution in [3.63, 3.8) is 0 Å². The number of anilines is 1. The molecule has 2 aromatic carbocycles. The molecule has 0 saturated carbocycles. The van der Waals surface area contributed by atoms with Crippen LogP contribution >= 0.6 is 0 Å². The maximum absolute atomic E-state index is 13.2. The van der Waals surface area contributed by atoms with Gasteiger partial charge in [-0.05, 0) is 24.3 Å². The number of benzene rings is 2. The molecule has 0 aliphatic rings. The molecule has 0 aliphatic heterocycles. The Morgan fingerprint density at radius 2 is 1.19 bits per heavy atom. The molecule has 0 aliphatic carbocycles. The topological polar surface area (TPSA) is 35.2 Å². The Morgan fingerprint density at radius 1 is 0.654 bits per heavy atom. The molecule has 0 bridgehead atoms. The van der Waals surface area contributed by atoms with Gasteiger partial charge in [-0.2, -0.15) is 39.5 Å². The van der Waals surface area contributed by atoms with Crippen LogP contribution in [0.25, 0.3) is 0 Å². The first kappa shape index (κ1) is 19.7. The normalized spacial score (nSPS) is 13.0. The summed E-state index contributed by atoms with van der Waals surface area (Å²) < 4.78 is 122. The number of nitrogen functional groups attached to an aromatic ring is 1. The smallest absolute Gasteiger partial charge is 0.421 e. The van der Waals surface area contributed by atoms with Gasteiger partial charge < -0.3 is 10.5 Å². The average molecular weight is 389 g/mol. The number of ether oxygens (including phenoxy) is 1. The fraction of sp³-hybridized carbons (Fsp3) is 0.200. The van der Waals surface area contributed by atoms with Gasteiger partial charge in [0.15, 0.2) is 5.75 Å². The van der Waals surface area contributed by atoms with Crippen molar-refractivity contribution in [1.29, 1.82) is 0 Å². The van der Waals surface area contributed by atoms with E-state index >= 15 is 0 Å². The third-order valence-electron chi connectivity index (χ3n) is 3.18. The molecule has 0 heterocycles. The highest BCUT2D eigenvalue weighted by atomic mass is 19.4. The molecule has 2 aromatic rings. The highest BCUT2D eigenvalue weighted by molar-refractivity contribution is 5.61. The van der Waals surface area contributed by atoms with Gasteiger partial charge in [-0.25, -0.2) is 0 Å². The summed E-state index contributed by atoms with van der Waals surface area (Å²) in [4.78, 5) is 0. The van der Waals surface area contributed by atoms with Crippen LogP contribution in [-0.2, 0) is 18.5 Å². The zero-order chi connectivity index (χ0) is 19.9. The van der Waals surface area contributed by atoms with E-state index in [2.05, 4.69) is 4.74 Å². The van der Waals surface area contributed by atoms with Gasteiger partial charge in [-0.3, -0.25) is 0 Å². The van der Waals surface area contributed by atoms with E-state index in [0.29, 0.717) is 18.2 Å². The summed E-state index contributed by atoms with van der Waals surface area (Å²) in [5, 5.41) is 0. The Hall–Kier alpha value is -2.59. The molecule has 0 aromatic heterocycles. The summed E-state index contributed by atoms with van der Waals surface area (Å²) in [6.07, 6.45) is -15.8. The molecule has 2 nitrogen and oxygen atoms in total. The number of nitrogens with two attached hydrogens (primary N) is 1. The average Bonchev–Trinajstić information content (AvgIpc) is 2.44. The van der Waals surface area contributed by atoms with Gasteiger partial charge >= 0.3 is 18.5 Å². The molecule has 26 heavy (non-hydrogen) atoms. The zero-order valence-corrected chi connectivity index (χ0v) is 12.4. The van der Waals surface area contributed by atoms with Crippen molar-refractivity contribution in [2.24, 2.45) is 0 Å². The van der Waals surface area contributed by atoms with E-state index in [4.69, 9.17) is 5.73 Å². The van der Waals surface area contributed by atoms with Gasteiger partial charge in [0.2, 0.25) is 0 Å². The van der Waals surface area contributed by atoms with Crippen molar-refractivity contribution < 1.29 is 44.3 Å². The monoisotopic (exact) mass is 389 g/mol. The first-order chi connectivity index (χ1) is 11.7. The third kappa shape index (κ3) is 3.97. The molecule has 2 rings (SSSR count). The number of alkyl halides is 9. The minimum Gasteiger partial charge on any atom is -0.455 e. The molecule has 0 saturated heterocycles. The van der Waals surface area contributed by atoms with E-state index in [1.807, 2.05) is 0 Å². The Kier molecular flexibility index (Phi) is 4.77.